The average molecular weight is 235 g/mol. The molecule has 0 aromatic heterocycles. The van der Waals surface area contributed by atoms with Crippen molar-refractivity contribution in [3.8, 4) is 0 Å². The van der Waals surface area contributed by atoms with Crippen LogP contribution in [0.2, 0.25) is 0 Å². The standard InChI is InChI=1S/C14H21NO2/c1-3-12(13-7-5-4-6-8-13)9-14(17)15-10-11(2)16/h4-8,11-12,16H,3,9-10H2,1-2H3,(H,15,17). The molecule has 17 heavy (non-hydrogen) atoms. The van der Waals surface area contributed by atoms with E-state index in [0.717, 1.165) is 6.42 Å². The molecule has 0 saturated carbocycles. The molecule has 2 unspecified atom stereocenters. The predicted octanol–water partition coefficient (Wildman–Crippen LogP) is 2.07. The maximum atomic E-state index is 11.7. The van der Waals surface area contributed by atoms with Gasteiger partial charge in [-0.2, -0.15) is 0 Å². The Morgan fingerprint density at radius 2 is 2.00 bits per heavy atom. The number of rotatable bonds is 6. The molecule has 0 heterocycles. The molecule has 1 aromatic carbocycles. The van der Waals surface area contributed by atoms with E-state index in [1.807, 2.05) is 18.2 Å². The molecule has 3 heteroatoms. The van der Waals surface area contributed by atoms with Gasteiger partial charge >= 0.3 is 0 Å². The van der Waals surface area contributed by atoms with Crippen LogP contribution in [0.4, 0.5) is 0 Å². The van der Waals surface area contributed by atoms with E-state index in [2.05, 4.69) is 24.4 Å². The van der Waals surface area contributed by atoms with Crippen molar-refractivity contribution in [1.29, 1.82) is 0 Å². The number of carbonyl (C=O) groups is 1. The van der Waals surface area contributed by atoms with Gasteiger partial charge in [0.25, 0.3) is 0 Å². The molecule has 2 atom stereocenters. The fourth-order valence-electron chi connectivity index (χ4n) is 1.78. The summed E-state index contributed by atoms with van der Waals surface area (Å²) in [7, 11) is 0. The zero-order chi connectivity index (χ0) is 12.7. The lowest BCUT2D eigenvalue weighted by Crippen LogP contribution is -2.31. The maximum absolute atomic E-state index is 11.7. The third kappa shape index (κ3) is 5.00. The molecule has 0 saturated heterocycles. The number of hydrogen-bond donors (Lipinski definition) is 2. The zero-order valence-corrected chi connectivity index (χ0v) is 10.5. The Morgan fingerprint density at radius 3 is 2.53 bits per heavy atom. The molecule has 0 spiro atoms. The molecule has 0 bridgehead atoms. The van der Waals surface area contributed by atoms with E-state index in [-0.39, 0.29) is 11.8 Å². The smallest absolute Gasteiger partial charge is 0.220 e. The lowest BCUT2D eigenvalue weighted by atomic mass is 9.93. The van der Waals surface area contributed by atoms with Gasteiger partial charge in [-0.15, -0.1) is 0 Å². The first kappa shape index (κ1) is 13.7. The van der Waals surface area contributed by atoms with Gasteiger partial charge in [0, 0.05) is 13.0 Å². The van der Waals surface area contributed by atoms with Crippen LogP contribution in [0.15, 0.2) is 30.3 Å². The lowest BCUT2D eigenvalue weighted by molar-refractivity contribution is -0.121. The largest absolute Gasteiger partial charge is 0.392 e. The Kier molecular flexibility index (Phi) is 5.70. The maximum Gasteiger partial charge on any atom is 0.220 e. The van der Waals surface area contributed by atoms with Crippen LogP contribution in [0, 0.1) is 0 Å². The molecule has 0 aliphatic carbocycles. The van der Waals surface area contributed by atoms with Crippen molar-refractivity contribution in [3.05, 3.63) is 35.9 Å². The average Bonchev–Trinajstić information content (AvgIpc) is 2.34. The highest BCUT2D eigenvalue weighted by molar-refractivity contribution is 5.76. The van der Waals surface area contributed by atoms with E-state index >= 15 is 0 Å². The molecule has 0 fully saturated rings. The van der Waals surface area contributed by atoms with Crippen molar-refractivity contribution < 1.29 is 9.90 Å². The van der Waals surface area contributed by atoms with Gasteiger partial charge < -0.3 is 10.4 Å². The van der Waals surface area contributed by atoms with Crippen molar-refractivity contribution in [2.45, 2.75) is 38.7 Å². The Morgan fingerprint density at radius 1 is 1.35 bits per heavy atom. The fourth-order valence-corrected chi connectivity index (χ4v) is 1.78. The molecule has 3 nitrogen and oxygen atoms in total. The Labute approximate surface area is 103 Å². The van der Waals surface area contributed by atoms with Gasteiger partial charge in [0.2, 0.25) is 5.91 Å². The monoisotopic (exact) mass is 235 g/mol. The number of hydrogen-bond acceptors (Lipinski definition) is 2. The summed E-state index contributed by atoms with van der Waals surface area (Å²) in [5, 5.41) is 11.8. The summed E-state index contributed by atoms with van der Waals surface area (Å²) in [6.07, 6.45) is 0.926. The molecule has 0 aliphatic rings. The van der Waals surface area contributed by atoms with Crippen molar-refractivity contribution in [2.75, 3.05) is 6.54 Å². The van der Waals surface area contributed by atoms with Gasteiger partial charge in [0.15, 0.2) is 0 Å². The number of aliphatic hydroxyl groups is 1. The molecule has 1 rings (SSSR count). The van der Waals surface area contributed by atoms with Crippen LogP contribution in [-0.4, -0.2) is 23.7 Å². The second-order valence-electron chi connectivity index (χ2n) is 4.37. The Hall–Kier alpha value is -1.35. The second kappa shape index (κ2) is 7.07. The molecule has 0 aliphatic heterocycles. The predicted molar refractivity (Wildman–Crippen MR) is 68.8 cm³/mol. The van der Waals surface area contributed by atoms with Crippen molar-refractivity contribution in [2.24, 2.45) is 0 Å². The minimum atomic E-state index is -0.490. The summed E-state index contributed by atoms with van der Waals surface area (Å²) < 4.78 is 0. The Bertz CT molecular complexity index is 335. The molecular weight excluding hydrogens is 214 g/mol. The first-order valence-corrected chi connectivity index (χ1v) is 6.13. The summed E-state index contributed by atoms with van der Waals surface area (Å²) in [5.41, 5.74) is 1.20. The van der Waals surface area contributed by atoms with E-state index in [1.165, 1.54) is 5.56 Å². The topological polar surface area (TPSA) is 49.3 Å². The van der Waals surface area contributed by atoms with Gasteiger partial charge in [-0.1, -0.05) is 37.3 Å². The number of carbonyl (C=O) groups excluding carboxylic acids is 1. The van der Waals surface area contributed by atoms with Crippen LogP contribution in [0.25, 0.3) is 0 Å². The molecular formula is C14H21NO2. The molecule has 0 radical (unpaired) electrons. The summed E-state index contributed by atoms with van der Waals surface area (Å²) in [6.45, 7) is 4.07. The second-order valence-corrected chi connectivity index (χ2v) is 4.37. The number of nitrogens with one attached hydrogen (secondary N) is 1. The van der Waals surface area contributed by atoms with E-state index < -0.39 is 6.10 Å². The zero-order valence-electron chi connectivity index (χ0n) is 10.5. The minimum absolute atomic E-state index is 0.00148. The number of benzene rings is 1. The third-order valence-electron chi connectivity index (χ3n) is 2.79. The first-order valence-electron chi connectivity index (χ1n) is 6.13. The van der Waals surface area contributed by atoms with E-state index in [9.17, 15) is 4.79 Å². The lowest BCUT2D eigenvalue weighted by Gasteiger charge is -2.15. The van der Waals surface area contributed by atoms with Crippen LogP contribution < -0.4 is 5.32 Å². The highest BCUT2D eigenvalue weighted by atomic mass is 16.3. The fraction of sp³-hybridized carbons (Fsp3) is 0.500. The number of amides is 1. The van der Waals surface area contributed by atoms with Crippen LogP contribution in [0.3, 0.4) is 0 Å². The quantitative estimate of drug-likeness (QED) is 0.793. The van der Waals surface area contributed by atoms with Crippen molar-refractivity contribution in [3.63, 3.8) is 0 Å². The van der Waals surface area contributed by atoms with E-state index in [0.29, 0.717) is 13.0 Å². The van der Waals surface area contributed by atoms with Gasteiger partial charge in [-0.3, -0.25) is 4.79 Å². The van der Waals surface area contributed by atoms with E-state index in [4.69, 9.17) is 5.11 Å². The minimum Gasteiger partial charge on any atom is -0.392 e. The first-order chi connectivity index (χ1) is 8.13. The van der Waals surface area contributed by atoms with Crippen LogP contribution in [0.1, 0.15) is 38.2 Å². The van der Waals surface area contributed by atoms with Gasteiger partial charge in [0.05, 0.1) is 6.10 Å². The van der Waals surface area contributed by atoms with Gasteiger partial charge in [0.1, 0.15) is 0 Å². The van der Waals surface area contributed by atoms with Gasteiger partial charge in [-0.25, -0.2) is 0 Å². The third-order valence-corrected chi connectivity index (χ3v) is 2.79. The van der Waals surface area contributed by atoms with E-state index in [1.54, 1.807) is 6.92 Å². The van der Waals surface area contributed by atoms with Gasteiger partial charge in [-0.05, 0) is 24.8 Å². The number of aliphatic hydroxyl groups excluding tert-OH is 1. The summed E-state index contributed by atoms with van der Waals surface area (Å²) in [4.78, 5) is 11.7. The molecule has 2 N–H and O–H groups in total. The Balaban J connectivity index is 2.50. The summed E-state index contributed by atoms with van der Waals surface area (Å²) >= 11 is 0. The van der Waals surface area contributed by atoms with Crippen LogP contribution in [0.5, 0.6) is 0 Å². The van der Waals surface area contributed by atoms with Crippen LogP contribution >= 0.6 is 0 Å². The van der Waals surface area contributed by atoms with Crippen LogP contribution in [-0.2, 0) is 4.79 Å². The molecule has 94 valence electrons. The summed E-state index contributed by atoms with van der Waals surface area (Å²) in [6, 6.07) is 10.1. The SMILES string of the molecule is CCC(CC(=O)NCC(C)O)c1ccccc1. The molecule has 1 amide bonds. The van der Waals surface area contributed by atoms with Crippen molar-refractivity contribution >= 4 is 5.91 Å². The molecule has 1 aromatic rings. The van der Waals surface area contributed by atoms with Crippen molar-refractivity contribution in [1.82, 2.24) is 5.32 Å². The summed E-state index contributed by atoms with van der Waals surface area (Å²) in [5.74, 6) is 0.256. The highest BCUT2D eigenvalue weighted by Crippen LogP contribution is 2.22. The normalized spacial score (nSPS) is 14.1. The highest BCUT2D eigenvalue weighted by Gasteiger charge is 2.13.